The number of carbonyl (C=O) groups excluding carboxylic acids is 2. The van der Waals surface area contributed by atoms with Crippen molar-refractivity contribution < 1.29 is 14.3 Å². The van der Waals surface area contributed by atoms with Crippen molar-refractivity contribution >= 4 is 34.8 Å². The van der Waals surface area contributed by atoms with Crippen LogP contribution in [0.15, 0.2) is 48.5 Å². The van der Waals surface area contributed by atoms with Crippen molar-refractivity contribution in [2.24, 2.45) is 0 Å². The van der Waals surface area contributed by atoms with Crippen molar-refractivity contribution in [3.63, 3.8) is 0 Å². The van der Waals surface area contributed by atoms with E-state index in [4.69, 9.17) is 17.0 Å². The van der Waals surface area contributed by atoms with Gasteiger partial charge in [-0.2, -0.15) is 0 Å². The van der Waals surface area contributed by atoms with Crippen LogP contribution in [0.1, 0.15) is 54.8 Å². The minimum atomic E-state index is -0.317. The zero-order valence-electron chi connectivity index (χ0n) is 17.1. The van der Waals surface area contributed by atoms with Crippen LogP contribution in [-0.4, -0.2) is 29.1 Å². The summed E-state index contributed by atoms with van der Waals surface area (Å²) < 4.78 is 5.56. The molecule has 0 aliphatic rings. The lowest BCUT2D eigenvalue weighted by Gasteiger charge is -2.13. The van der Waals surface area contributed by atoms with E-state index in [-0.39, 0.29) is 29.1 Å². The van der Waals surface area contributed by atoms with Crippen LogP contribution in [0, 0.1) is 0 Å². The van der Waals surface area contributed by atoms with Crippen LogP contribution in [0.5, 0.6) is 5.75 Å². The molecule has 0 aromatic heterocycles. The molecule has 0 saturated carbocycles. The first-order chi connectivity index (χ1) is 13.8. The second kappa shape index (κ2) is 10.6. The first kappa shape index (κ1) is 22.4. The number of amides is 2. The third-order valence-electron chi connectivity index (χ3n) is 4.11. The van der Waals surface area contributed by atoms with Crippen LogP contribution in [-0.2, 0) is 0 Å². The van der Waals surface area contributed by atoms with Gasteiger partial charge in [0.05, 0.1) is 6.10 Å². The van der Waals surface area contributed by atoms with Crippen molar-refractivity contribution in [1.29, 1.82) is 0 Å². The molecule has 2 rings (SSSR count). The molecule has 29 heavy (non-hydrogen) atoms. The number of benzene rings is 2. The number of rotatable bonds is 7. The molecule has 0 bridgehead atoms. The molecule has 0 heterocycles. The molecule has 0 aliphatic heterocycles. The van der Waals surface area contributed by atoms with Gasteiger partial charge in [-0.3, -0.25) is 14.9 Å². The Hall–Kier alpha value is -2.93. The molecular formula is C22H27N3O3S. The summed E-state index contributed by atoms with van der Waals surface area (Å²) in [6.07, 6.45) is 0.936. The van der Waals surface area contributed by atoms with Crippen LogP contribution in [0.4, 0.5) is 5.69 Å². The highest BCUT2D eigenvalue weighted by Crippen LogP contribution is 2.14. The molecule has 1 unspecified atom stereocenters. The van der Waals surface area contributed by atoms with Crippen LogP contribution in [0.2, 0.25) is 0 Å². The lowest BCUT2D eigenvalue weighted by molar-refractivity contribution is 0.0937. The van der Waals surface area contributed by atoms with Gasteiger partial charge in [0.2, 0.25) is 0 Å². The van der Waals surface area contributed by atoms with Gasteiger partial charge in [-0.1, -0.05) is 6.92 Å². The Labute approximate surface area is 177 Å². The normalized spacial score (nSPS) is 11.5. The Morgan fingerprint density at radius 3 is 2.03 bits per heavy atom. The standard InChI is InChI=1S/C22H27N3O3S/c1-5-15(4)23-20(26)16-6-10-18(11-7-16)24-22(29)25-21(27)17-8-12-19(13-9-17)28-14(2)3/h6-15H,5H2,1-4H3,(H,23,26)(H2,24,25,27,29). The van der Waals surface area contributed by atoms with Crippen molar-refractivity contribution in [2.45, 2.75) is 46.3 Å². The Morgan fingerprint density at radius 2 is 1.48 bits per heavy atom. The van der Waals surface area contributed by atoms with Crippen molar-refractivity contribution in [2.75, 3.05) is 5.32 Å². The Morgan fingerprint density at radius 1 is 0.931 bits per heavy atom. The predicted octanol–water partition coefficient (Wildman–Crippen LogP) is 4.13. The molecule has 2 aromatic carbocycles. The molecule has 1 atom stereocenters. The Balaban J connectivity index is 1.90. The molecule has 154 valence electrons. The van der Waals surface area contributed by atoms with Gasteiger partial charge in [-0.25, -0.2) is 0 Å². The molecule has 2 amide bonds. The Bertz CT molecular complexity index is 849. The van der Waals surface area contributed by atoms with Gasteiger partial charge in [-0.15, -0.1) is 0 Å². The van der Waals surface area contributed by atoms with Gasteiger partial charge >= 0.3 is 0 Å². The number of carbonyl (C=O) groups is 2. The monoisotopic (exact) mass is 413 g/mol. The van der Waals surface area contributed by atoms with Gasteiger partial charge in [0, 0.05) is 22.9 Å². The van der Waals surface area contributed by atoms with Crippen LogP contribution in [0.3, 0.4) is 0 Å². The van der Waals surface area contributed by atoms with E-state index in [2.05, 4.69) is 16.0 Å². The fourth-order valence-electron chi connectivity index (χ4n) is 2.41. The summed E-state index contributed by atoms with van der Waals surface area (Å²) in [5.74, 6) is 0.268. The van der Waals surface area contributed by atoms with E-state index in [1.807, 2.05) is 27.7 Å². The Kier molecular flexibility index (Phi) is 8.15. The zero-order chi connectivity index (χ0) is 21.4. The van der Waals surface area contributed by atoms with Gasteiger partial charge in [-0.05, 0) is 87.9 Å². The average molecular weight is 414 g/mol. The van der Waals surface area contributed by atoms with Gasteiger partial charge in [0.15, 0.2) is 5.11 Å². The minimum absolute atomic E-state index is 0.0685. The maximum Gasteiger partial charge on any atom is 0.257 e. The number of nitrogens with one attached hydrogen (secondary N) is 3. The summed E-state index contributed by atoms with van der Waals surface area (Å²) in [5.41, 5.74) is 1.72. The van der Waals surface area contributed by atoms with E-state index >= 15 is 0 Å². The summed E-state index contributed by atoms with van der Waals surface area (Å²) in [6.45, 7) is 7.85. The maximum absolute atomic E-state index is 12.3. The summed E-state index contributed by atoms with van der Waals surface area (Å²) >= 11 is 5.21. The lowest BCUT2D eigenvalue weighted by Crippen LogP contribution is -2.34. The van der Waals surface area contributed by atoms with Crippen molar-refractivity contribution in [1.82, 2.24) is 10.6 Å². The molecule has 0 saturated heterocycles. The van der Waals surface area contributed by atoms with Gasteiger partial charge in [0.25, 0.3) is 11.8 Å². The third-order valence-corrected chi connectivity index (χ3v) is 4.31. The quantitative estimate of drug-likeness (QED) is 0.595. The summed E-state index contributed by atoms with van der Waals surface area (Å²) in [7, 11) is 0. The van der Waals surface area contributed by atoms with E-state index in [1.165, 1.54) is 0 Å². The third kappa shape index (κ3) is 7.19. The minimum Gasteiger partial charge on any atom is -0.491 e. The predicted molar refractivity (Wildman–Crippen MR) is 120 cm³/mol. The van der Waals surface area contributed by atoms with Crippen molar-refractivity contribution in [3.8, 4) is 5.75 Å². The fraction of sp³-hybridized carbons (Fsp3) is 0.318. The fourth-order valence-corrected chi connectivity index (χ4v) is 2.62. The van der Waals surface area contributed by atoms with Crippen LogP contribution in [0.25, 0.3) is 0 Å². The largest absolute Gasteiger partial charge is 0.491 e. The molecule has 0 spiro atoms. The van der Waals surface area contributed by atoms with E-state index in [9.17, 15) is 9.59 Å². The molecular weight excluding hydrogens is 386 g/mol. The molecule has 3 N–H and O–H groups in total. The number of hydrogen-bond donors (Lipinski definition) is 3. The van der Waals surface area contributed by atoms with Gasteiger partial charge < -0.3 is 15.4 Å². The van der Waals surface area contributed by atoms with E-state index < -0.39 is 0 Å². The highest BCUT2D eigenvalue weighted by atomic mass is 32.1. The zero-order valence-corrected chi connectivity index (χ0v) is 17.9. The number of ether oxygens (including phenoxy) is 1. The second-order valence-corrected chi connectivity index (χ2v) is 7.37. The van der Waals surface area contributed by atoms with Crippen LogP contribution < -0.4 is 20.7 Å². The topological polar surface area (TPSA) is 79.5 Å². The van der Waals surface area contributed by atoms with Gasteiger partial charge in [0.1, 0.15) is 5.75 Å². The number of hydrogen-bond acceptors (Lipinski definition) is 4. The van der Waals surface area contributed by atoms with E-state index in [1.54, 1.807) is 48.5 Å². The molecule has 0 aliphatic carbocycles. The molecule has 2 aromatic rings. The smallest absolute Gasteiger partial charge is 0.257 e. The average Bonchev–Trinajstić information content (AvgIpc) is 2.68. The first-order valence-electron chi connectivity index (χ1n) is 9.58. The maximum atomic E-state index is 12.3. The highest BCUT2D eigenvalue weighted by molar-refractivity contribution is 7.80. The first-order valence-corrected chi connectivity index (χ1v) is 9.99. The second-order valence-electron chi connectivity index (χ2n) is 6.96. The molecule has 0 fully saturated rings. The lowest BCUT2D eigenvalue weighted by atomic mass is 10.1. The van der Waals surface area contributed by atoms with Crippen LogP contribution >= 0.6 is 12.2 Å². The number of thiocarbonyl (C=S) groups is 1. The molecule has 0 radical (unpaired) electrons. The van der Waals surface area contributed by atoms with E-state index in [0.717, 1.165) is 6.42 Å². The van der Waals surface area contributed by atoms with E-state index in [0.29, 0.717) is 22.6 Å². The molecule has 6 nitrogen and oxygen atoms in total. The summed E-state index contributed by atoms with van der Waals surface area (Å²) in [6, 6.07) is 13.9. The summed E-state index contributed by atoms with van der Waals surface area (Å²) in [4.78, 5) is 24.4. The summed E-state index contributed by atoms with van der Waals surface area (Å²) in [5, 5.41) is 8.67. The number of anilines is 1. The SMILES string of the molecule is CCC(C)NC(=O)c1ccc(NC(=S)NC(=O)c2ccc(OC(C)C)cc2)cc1. The molecule has 7 heteroatoms. The van der Waals surface area contributed by atoms with Crippen molar-refractivity contribution in [3.05, 3.63) is 59.7 Å². The highest BCUT2D eigenvalue weighted by Gasteiger charge is 2.10.